The number of rotatable bonds is 18. The second-order valence-electron chi connectivity index (χ2n) is 11.7. The lowest BCUT2D eigenvalue weighted by Gasteiger charge is -2.14. The monoisotopic (exact) mass is 884 g/mol. The Labute approximate surface area is 345 Å². The summed E-state index contributed by atoms with van der Waals surface area (Å²) in [6.07, 6.45) is 1.95. The van der Waals surface area contributed by atoms with Crippen LogP contribution in [-0.2, 0) is 38.8 Å². The first kappa shape index (κ1) is 44.5. The average Bonchev–Trinajstić information content (AvgIpc) is 3.21. The first-order valence-electron chi connectivity index (χ1n) is 16.6. The van der Waals surface area contributed by atoms with Crippen LogP contribution in [0.25, 0.3) is 10.8 Å². The van der Waals surface area contributed by atoms with E-state index in [1.54, 1.807) is 66.5 Å². The van der Waals surface area contributed by atoms with Crippen LogP contribution < -0.4 is 5.73 Å². The molecular formula is C35H32N8O12S4. The van der Waals surface area contributed by atoms with Gasteiger partial charge >= 0.3 is 10.4 Å². The smallest absolute Gasteiger partial charge is 0.433 e. The molecule has 0 heterocycles. The van der Waals surface area contributed by atoms with Crippen LogP contribution in [0.2, 0.25) is 0 Å². The van der Waals surface area contributed by atoms with Crippen molar-refractivity contribution in [1.82, 2.24) is 4.90 Å². The van der Waals surface area contributed by atoms with Crippen LogP contribution in [0.3, 0.4) is 0 Å². The van der Waals surface area contributed by atoms with Gasteiger partial charge in [0.15, 0.2) is 21.7 Å². The molecule has 5 rings (SSSR count). The molecule has 24 heteroatoms. The third kappa shape index (κ3) is 13.2. The van der Waals surface area contributed by atoms with Crippen molar-refractivity contribution in [2.45, 2.75) is 14.7 Å². The summed E-state index contributed by atoms with van der Waals surface area (Å²) in [5.74, 6) is -0.458. The van der Waals surface area contributed by atoms with Gasteiger partial charge in [0.25, 0.3) is 0 Å². The van der Waals surface area contributed by atoms with Crippen LogP contribution in [0.1, 0.15) is 0 Å². The minimum Gasteiger partial charge on any atom is -0.505 e. The molecule has 59 heavy (non-hydrogen) atoms. The highest BCUT2D eigenvalue weighted by atomic mass is 32.3. The number of hydrogen-bond acceptors (Lipinski definition) is 21. The highest BCUT2D eigenvalue weighted by Crippen LogP contribution is 2.47. The van der Waals surface area contributed by atoms with E-state index in [0.717, 1.165) is 11.8 Å². The fourth-order valence-electron chi connectivity index (χ4n) is 4.80. The fraction of sp³-hybridized carbons (Fsp3) is 0.143. The molecule has 20 nitrogen and oxygen atoms in total. The molecule has 0 amide bonds. The van der Waals surface area contributed by atoms with Gasteiger partial charge in [0.1, 0.15) is 11.4 Å². The van der Waals surface area contributed by atoms with Gasteiger partial charge in [0, 0.05) is 34.0 Å². The zero-order chi connectivity index (χ0) is 42.4. The zero-order valence-electron chi connectivity index (χ0n) is 30.4. The molecule has 0 aliphatic carbocycles. The highest BCUT2D eigenvalue weighted by Gasteiger charge is 2.19. The van der Waals surface area contributed by atoms with Crippen LogP contribution in [-0.4, -0.2) is 74.3 Å². The Morgan fingerprint density at radius 2 is 1.32 bits per heavy atom. The zero-order valence-corrected chi connectivity index (χ0v) is 33.7. The fourth-order valence-corrected chi connectivity index (χ4v) is 7.21. The second-order valence-corrected chi connectivity index (χ2v) is 16.5. The van der Waals surface area contributed by atoms with Crippen LogP contribution >= 0.6 is 23.8 Å². The van der Waals surface area contributed by atoms with E-state index in [1.807, 2.05) is 6.11 Å². The summed E-state index contributed by atoms with van der Waals surface area (Å²) in [7, 11) is -6.64. The topological polar surface area (TPSA) is 290 Å². The molecular weight excluding hydrogens is 853 g/mol. The number of phenolic OH excluding ortho intramolecular Hbond substituents is 1. The van der Waals surface area contributed by atoms with Gasteiger partial charge in [-0.15, -0.1) is 14.6 Å². The third-order valence-corrected chi connectivity index (χ3v) is 10.9. The maximum absolute atomic E-state index is 12.8. The SMILES string of the molecule is CN(CCO)CCS(=O)(=O)c1ccc(N=Nc2c(N)ccc3c(O)c(N=Nc4ccc(N=Nc5ccc(SC#COOS(=O)(=O)O)cc5)cc4)c(SOOO)cc23)cc1. The molecule has 0 bridgehead atoms. The number of aromatic hydroxyl groups is 1. The summed E-state index contributed by atoms with van der Waals surface area (Å²) in [5.41, 5.74) is 8.31. The van der Waals surface area contributed by atoms with Gasteiger partial charge in [-0.2, -0.15) is 28.9 Å². The van der Waals surface area contributed by atoms with Gasteiger partial charge in [-0.05, 0) is 114 Å². The Hall–Kier alpha value is -5.56. The van der Waals surface area contributed by atoms with E-state index < -0.39 is 20.2 Å². The van der Waals surface area contributed by atoms with Crippen LogP contribution in [0, 0.1) is 11.4 Å². The Kier molecular flexibility index (Phi) is 15.8. The molecule has 5 aromatic carbocycles. The van der Waals surface area contributed by atoms with Gasteiger partial charge in [-0.25, -0.2) is 13.7 Å². The second kappa shape index (κ2) is 20.9. The highest BCUT2D eigenvalue weighted by molar-refractivity contribution is 8.04. The summed E-state index contributed by atoms with van der Waals surface area (Å²) in [5, 5.41) is 61.5. The number of phenols is 1. The molecule has 0 aromatic heterocycles. The van der Waals surface area contributed by atoms with Crippen molar-refractivity contribution in [1.29, 1.82) is 0 Å². The number of benzene rings is 5. The van der Waals surface area contributed by atoms with E-state index in [-0.39, 0.29) is 56.9 Å². The molecule has 5 aromatic rings. The Balaban J connectivity index is 1.30. The Morgan fingerprint density at radius 1 is 0.763 bits per heavy atom. The number of aliphatic hydroxyl groups is 1. The van der Waals surface area contributed by atoms with Crippen LogP contribution in [0.5, 0.6) is 5.75 Å². The van der Waals surface area contributed by atoms with Gasteiger partial charge in [0.2, 0.25) is 0 Å². The van der Waals surface area contributed by atoms with E-state index in [1.165, 1.54) is 36.4 Å². The maximum atomic E-state index is 12.8. The van der Waals surface area contributed by atoms with E-state index in [9.17, 15) is 21.9 Å². The number of nitrogens with two attached hydrogens (primary N) is 1. The number of sulfone groups is 1. The molecule has 0 atom stereocenters. The van der Waals surface area contributed by atoms with E-state index >= 15 is 0 Å². The van der Waals surface area contributed by atoms with Gasteiger partial charge < -0.3 is 20.8 Å². The quantitative estimate of drug-likeness (QED) is 0.00808. The summed E-state index contributed by atoms with van der Waals surface area (Å²) >= 11 is 1.52. The van der Waals surface area contributed by atoms with Crippen molar-refractivity contribution in [2.75, 3.05) is 38.2 Å². The molecule has 0 spiro atoms. The van der Waals surface area contributed by atoms with E-state index in [0.29, 0.717) is 51.6 Å². The Bertz CT molecular complexity index is 2620. The third-order valence-electron chi connectivity index (χ3n) is 7.68. The molecule has 0 fully saturated rings. The number of nitrogens with zero attached hydrogens (tertiary/aromatic N) is 7. The molecule has 6 N–H and O–H groups in total. The van der Waals surface area contributed by atoms with Crippen molar-refractivity contribution < 1.29 is 55.5 Å². The lowest BCUT2D eigenvalue weighted by atomic mass is 10.1. The van der Waals surface area contributed by atoms with Crippen LogP contribution in [0.4, 0.5) is 39.8 Å². The number of likely N-dealkylation sites (N-methyl/N-ethyl adjacent to an activating group) is 1. The average molecular weight is 885 g/mol. The molecule has 0 aliphatic rings. The van der Waals surface area contributed by atoms with Gasteiger partial charge in [-0.3, -0.25) is 9.44 Å². The number of fused-ring (bicyclic) bond motifs is 1. The summed E-state index contributed by atoms with van der Waals surface area (Å²) in [4.78, 5) is 6.69. The van der Waals surface area contributed by atoms with Crippen LogP contribution in [0.15, 0.2) is 136 Å². The largest absolute Gasteiger partial charge is 0.505 e. The maximum Gasteiger partial charge on any atom is 0.433 e. The van der Waals surface area contributed by atoms with Gasteiger partial charge in [0.05, 0.1) is 62.6 Å². The minimum absolute atomic E-state index is 0.0399. The predicted molar refractivity (Wildman–Crippen MR) is 217 cm³/mol. The van der Waals surface area contributed by atoms with Crippen molar-refractivity contribution in [3.63, 3.8) is 0 Å². The van der Waals surface area contributed by atoms with Crippen molar-refractivity contribution in [3.8, 4) is 17.1 Å². The van der Waals surface area contributed by atoms with E-state index in [2.05, 4.69) is 54.5 Å². The lowest BCUT2D eigenvalue weighted by Crippen LogP contribution is -2.28. The number of anilines is 1. The number of nitrogen functional groups attached to an aromatic ring is 1. The first-order valence-corrected chi connectivity index (χ1v) is 21.1. The number of aliphatic hydroxyl groups excluding tert-OH is 1. The molecule has 0 saturated heterocycles. The molecule has 0 aliphatic heterocycles. The Morgan fingerprint density at radius 3 is 1.90 bits per heavy atom. The summed E-state index contributed by atoms with van der Waals surface area (Å²) < 4.78 is 63.2. The molecule has 0 saturated carbocycles. The lowest BCUT2D eigenvalue weighted by molar-refractivity contribution is -0.432. The number of azo groups is 3. The van der Waals surface area contributed by atoms with E-state index in [4.69, 9.17) is 20.7 Å². The minimum atomic E-state index is -4.76. The number of hydrogen-bond donors (Lipinski definition) is 5. The molecule has 0 radical (unpaired) electrons. The first-order chi connectivity index (χ1) is 28.3. The summed E-state index contributed by atoms with van der Waals surface area (Å²) in [6, 6.07) is 23.6. The molecule has 308 valence electrons. The standard InChI is InChI=1S/C35H32N8O12S4/c1-43(16-18-44)17-21-58(47,48)28-12-8-26(9-13-28)39-41-33-30-22-32(57-54-53-46)34(35(45)29(30)14-15-31(33)36)42-40-24-4-2-23(3-5-24)37-38-25-6-10-27(11-7-25)56-20-19-52-55-59(49,50)51/h2-15,22,44-46H,16-18,21,36H2,1H3,(H,49,50,51). The van der Waals surface area contributed by atoms with Crippen molar-refractivity contribution in [2.24, 2.45) is 30.7 Å². The number of thioether (sulfide) groups is 1. The summed E-state index contributed by atoms with van der Waals surface area (Å²) in [6.45, 7) is 0.526. The normalized spacial score (nSPS) is 12.2. The van der Waals surface area contributed by atoms with Crippen molar-refractivity contribution >= 4 is 94.6 Å². The molecule has 0 unspecified atom stereocenters. The van der Waals surface area contributed by atoms with Crippen molar-refractivity contribution in [3.05, 3.63) is 91.0 Å². The predicted octanol–water partition coefficient (Wildman–Crippen LogP) is 8.26. The van der Waals surface area contributed by atoms with Gasteiger partial charge in [-0.1, -0.05) is 5.04 Å².